The molecule has 0 saturated carbocycles. The van der Waals surface area contributed by atoms with Gasteiger partial charge in [-0.3, -0.25) is 4.79 Å². The Morgan fingerprint density at radius 3 is 2.74 bits per heavy atom. The standard InChI is InChI=1S/C12H14Br2N4O/c13-7-3-4-9(8(14)6-7)18-5-1-2-10(18)11(19)17-12(15)16/h3-4,6,10H,1-2,5H2,(H4,15,16,17,19). The van der Waals surface area contributed by atoms with Gasteiger partial charge in [-0.25, -0.2) is 0 Å². The normalized spacial score (nSPS) is 18.4. The number of nitrogens with two attached hydrogens (primary N) is 2. The van der Waals surface area contributed by atoms with Gasteiger partial charge in [0.2, 0.25) is 0 Å². The van der Waals surface area contributed by atoms with Crippen molar-refractivity contribution in [2.24, 2.45) is 16.5 Å². The molecule has 0 radical (unpaired) electrons. The van der Waals surface area contributed by atoms with Gasteiger partial charge in [0.05, 0.1) is 5.69 Å². The molecule has 1 aliphatic rings. The van der Waals surface area contributed by atoms with Crippen LogP contribution in [0.1, 0.15) is 12.8 Å². The molecule has 19 heavy (non-hydrogen) atoms. The van der Waals surface area contributed by atoms with Crippen molar-refractivity contribution >= 4 is 49.4 Å². The summed E-state index contributed by atoms with van der Waals surface area (Å²) in [7, 11) is 0. The van der Waals surface area contributed by atoms with Crippen molar-refractivity contribution in [1.29, 1.82) is 0 Å². The van der Waals surface area contributed by atoms with Gasteiger partial charge in [-0.05, 0) is 47.0 Å². The Morgan fingerprint density at radius 1 is 1.37 bits per heavy atom. The van der Waals surface area contributed by atoms with E-state index in [1.54, 1.807) is 0 Å². The van der Waals surface area contributed by atoms with Crippen LogP contribution in [0, 0.1) is 0 Å². The summed E-state index contributed by atoms with van der Waals surface area (Å²) in [6.45, 7) is 0.816. The Balaban J connectivity index is 2.28. The average Bonchev–Trinajstić information content (AvgIpc) is 2.76. The van der Waals surface area contributed by atoms with Crippen LogP contribution >= 0.6 is 31.9 Å². The zero-order valence-electron chi connectivity index (χ0n) is 10.1. The van der Waals surface area contributed by atoms with Crippen molar-refractivity contribution in [3.63, 3.8) is 0 Å². The summed E-state index contributed by atoms with van der Waals surface area (Å²) >= 11 is 6.93. The molecule has 1 atom stereocenters. The number of benzene rings is 1. The second kappa shape index (κ2) is 5.92. The summed E-state index contributed by atoms with van der Waals surface area (Å²) in [6.07, 6.45) is 1.71. The molecule has 1 saturated heterocycles. The Morgan fingerprint density at radius 2 is 2.11 bits per heavy atom. The number of anilines is 1. The maximum Gasteiger partial charge on any atom is 0.271 e. The molecule has 5 nitrogen and oxygen atoms in total. The van der Waals surface area contributed by atoms with Crippen molar-refractivity contribution in [3.8, 4) is 0 Å². The van der Waals surface area contributed by atoms with E-state index in [4.69, 9.17) is 11.5 Å². The number of nitrogens with zero attached hydrogens (tertiary/aromatic N) is 2. The molecule has 102 valence electrons. The maximum absolute atomic E-state index is 12.0. The summed E-state index contributed by atoms with van der Waals surface area (Å²) in [4.78, 5) is 17.7. The first-order chi connectivity index (χ1) is 8.99. The highest BCUT2D eigenvalue weighted by atomic mass is 79.9. The van der Waals surface area contributed by atoms with E-state index in [1.165, 1.54) is 0 Å². The fourth-order valence-electron chi connectivity index (χ4n) is 2.23. The highest BCUT2D eigenvalue weighted by molar-refractivity contribution is 9.11. The maximum atomic E-state index is 12.0. The molecule has 1 fully saturated rings. The molecule has 1 aromatic carbocycles. The summed E-state index contributed by atoms with van der Waals surface area (Å²) in [5.41, 5.74) is 11.5. The van der Waals surface area contributed by atoms with E-state index >= 15 is 0 Å². The highest BCUT2D eigenvalue weighted by Crippen LogP contribution is 2.34. The van der Waals surface area contributed by atoms with E-state index in [2.05, 4.69) is 36.9 Å². The first-order valence-electron chi connectivity index (χ1n) is 5.84. The van der Waals surface area contributed by atoms with Crippen molar-refractivity contribution in [2.75, 3.05) is 11.4 Å². The number of rotatable bonds is 2. The van der Waals surface area contributed by atoms with Gasteiger partial charge in [0, 0.05) is 15.5 Å². The molecule has 0 aliphatic carbocycles. The van der Waals surface area contributed by atoms with Crippen molar-refractivity contribution in [2.45, 2.75) is 18.9 Å². The number of amides is 1. The Labute approximate surface area is 128 Å². The largest absolute Gasteiger partial charge is 0.370 e. The molecular formula is C12H14Br2N4O. The minimum atomic E-state index is -0.292. The van der Waals surface area contributed by atoms with Crippen molar-refractivity contribution < 1.29 is 4.79 Å². The van der Waals surface area contributed by atoms with Crippen LogP contribution in [0.4, 0.5) is 5.69 Å². The first-order valence-corrected chi connectivity index (χ1v) is 7.43. The second-order valence-corrected chi connectivity index (χ2v) is 6.09. The lowest BCUT2D eigenvalue weighted by molar-refractivity contribution is -0.118. The number of halogens is 2. The number of carbonyl (C=O) groups is 1. The topological polar surface area (TPSA) is 84.7 Å². The molecule has 0 spiro atoms. The number of hydrogen-bond donors (Lipinski definition) is 2. The van der Waals surface area contributed by atoms with E-state index in [-0.39, 0.29) is 17.9 Å². The molecule has 0 bridgehead atoms. The molecule has 1 unspecified atom stereocenters. The van der Waals surface area contributed by atoms with Crippen molar-refractivity contribution in [3.05, 3.63) is 27.1 Å². The Hall–Kier alpha value is -1.08. The number of carbonyl (C=O) groups excluding carboxylic acids is 1. The quantitative estimate of drug-likeness (QED) is 0.598. The molecule has 1 heterocycles. The van der Waals surface area contributed by atoms with Gasteiger partial charge in [0.15, 0.2) is 5.96 Å². The summed E-state index contributed by atoms with van der Waals surface area (Å²) < 4.78 is 1.92. The van der Waals surface area contributed by atoms with Gasteiger partial charge >= 0.3 is 0 Å². The smallest absolute Gasteiger partial charge is 0.271 e. The number of guanidine groups is 1. The molecule has 1 amide bonds. The summed E-state index contributed by atoms with van der Waals surface area (Å²) in [6, 6.07) is 5.57. The van der Waals surface area contributed by atoms with Gasteiger partial charge in [-0.1, -0.05) is 15.9 Å². The Kier molecular flexibility index (Phi) is 4.46. The number of hydrogen-bond acceptors (Lipinski definition) is 2. The molecule has 1 aliphatic heterocycles. The van der Waals surface area contributed by atoms with E-state index in [9.17, 15) is 4.79 Å². The van der Waals surface area contributed by atoms with Crippen LogP contribution in [-0.4, -0.2) is 24.5 Å². The molecule has 2 rings (SSSR count). The minimum absolute atomic E-state index is 0.188. The fourth-order valence-corrected chi connectivity index (χ4v) is 3.50. The van der Waals surface area contributed by atoms with Crippen LogP contribution in [0.5, 0.6) is 0 Å². The van der Waals surface area contributed by atoms with Gasteiger partial charge in [-0.15, -0.1) is 0 Å². The van der Waals surface area contributed by atoms with E-state index in [0.717, 1.165) is 34.0 Å². The predicted molar refractivity (Wildman–Crippen MR) is 83.0 cm³/mol. The fraction of sp³-hybridized carbons (Fsp3) is 0.333. The predicted octanol–water partition coefficient (Wildman–Crippen LogP) is 1.98. The third-order valence-electron chi connectivity index (χ3n) is 3.00. The van der Waals surface area contributed by atoms with Crippen LogP contribution in [0.15, 0.2) is 32.1 Å². The van der Waals surface area contributed by atoms with Crippen molar-refractivity contribution in [1.82, 2.24) is 0 Å². The van der Waals surface area contributed by atoms with Crippen LogP contribution in [0.3, 0.4) is 0 Å². The molecular weight excluding hydrogens is 376 g/mol. The van der Waals surface area contributed by atoms with E-state index in [1.807, 2.05) is 23.1 Å². The monoisotopic (exact) mass is 388 g/mol. The summed E-state index contributed by atoms with van der Waals surface area (Å²) in [5, 5.41) is 0. The van der Waals surface area contributed by atoms with Crippen LogP contribution in [-0.2, 0) is 4.79 Å². The zero-order valence-corrected chi connectivity index (χ0v) is 13.3. The third kappa shape index (κ3) is 3.27. The van der Waals surface area contributed by atoms with Gasteiger partial charge < -0.3 is 16.4 Å². The van der Waals surface area contributed by atoms with E-state index in [0.29, 0.717) is 0 Å². The average molecular weight is 390 g/mol. The highest BCUT2D eigenvalue weighted by Gasteiger charge is 2.31. The number of aliphatic imine (C=N–C) groups is 1. The second-order valence-electron chi connectivity index (χ2n) is 4.32. The third-order valence-corrected chi connectivity index (χ3v) is 4.12. The van der Waals surface area contributed by atoms with Gasteiger partial charge in [-0.2, -0.15) is 4.99 Å². The lowest BCUT2D eigenvalue weighted by Crippen LogP contribution is -2.37. The van der Waals surface area contributed by atoms with E-state index < -0.39 is 0 Å². The van der Waals surface area contributed by atoms with Gasteiger partial charge in [0.25, 0.3) is 5.91 Å². The lowest BCUT2D eigenvalue weighted by atomic mass is 10.2. The van der Waals surface area contributed by atoms with Crippen LogP contribution < -0.4 is 16.4 Å². The van der Waals surface area contributed by atoms with Gasteiger partial charge in [0.1, 0.15) is 6.04 Å². The lowest BCUT2D eigenvalue weighted by Gasteiger charge is -2.25. The SMILES string of the molecule is NC(N)=NC(=O)C1CCCN1c1ccc(Br)cc1Br. The molecule has 4 N–H and O–H groups in total. The molecule has 0 aromatic heterocycles. The van der Waals surface area contributed by atoms with Crippen LogP contribution in [0.25, 0.3) is 0 Å². The minimum Gasteiger partial charge on any atom is -0.370 e. The van der Waals surface area contributed by atoms with Crippen LogP contribution in [0.2, 0.25) is 0 Å². The molecule has 1 aromatic rings. The summed E-state index contributed by atoms with van der Waals surface area (Å²) in [5.74, 6) is -0.473. The Bertz CT molecular complexity index is 528. The zero-order chi connectivity index (χ0) is 14.0. The molecule has 7 heteroatoms. The first kappa shape index (κ1) is 14.3.